The summed E-state index contributed by atoms with van der Waals surface area (Å²) in [6, 6.07) is 3.35. The second kappa shape index (κ2) is 11.7. The van der Waals surface area contributed by atoms with Crippen LogP contribution in [0.5, 0.6) is 0 Å². The Labute approximate surface area is 216 Å². The smallest absolute Gasteiger partial charge is 0.336 e. The van der Waals surface area contributed by atoms with Gasteiger partial charge in [-0.1, -0.05) is 12.1 Å². The third kappa shape index (κ3) is 4.68. The summed E-state index contributed by atoms with van der Waals surface area (Å²) >= 11 is 0. The van der Waals surface area contributed by atoms with E-state index in [-0.39, 0.29) is 0 Å². The zero-order valence-corrected chi connectivity index (χ0v) is 19.9. The lowest BCUT2D eigenvalue weighted by molar-refractivity contribution is -0.0719. The summed E-state index contributed by atoms with van der Waals surface area (Å²) < 4.78 is 88.7. The highest BCUT2D eigenvalue weighted by atomic mass is 19.2. The lowest BCUT2D eigenvalue weighted by Gasteiger charge is -2.56. The standard InChI is InChI=1S/C25H22F6O8/c26-7-23(8-27,9-28)25(24(10-29,11-30)12-31,13-1-3-15(19(32)33)17(5-13)21(36)37)14-2-4-16(20(34)35)18(6-14)22(38)39/h1-6H,7-12H2,(H,32,33)(H,34,35)(H,36,37)(H,38,39). The second-order valence-electron chi connectivity index (χ2n) is 8.85. The molecule has 0 fully saturated rings. The molecule has 0 amide bonds. The number of rotatable bonds is 14. The molecule has 0 spiro atoms. The molecule has 0 aliphatic heterocycles. The third-order valence-corrected chi connectivity index (χ3v) is 6.95. The van der Waals surface area contributed by atoms with E-state index >= 15 is 0 Å². The quantitative estimate of drug-likeness (QED) is 0.244. The first kappa shape index (κ1) is 31.1. The SMILES string of the molecule is O=C(O)c1ccc(C(c2ccc(C(=O)O)c(C(=O)O)c2)(C(CF)(CF)CF)C(CF)(CF)CF)cc1C(=O)O. The lowest BCUT2D eigenvalue weighted by atomic mass is 9.46. The zero-order valence-electron chi connectivity index (χ0n) is 19.9. The van der Waals surface area contributed by atoms with E-state index in [4.69, 9.17) is 0 Å². The van der Waals surface area contributed by atoms with Gasteiger partial charge in [0.05, 0.1) is 33.1 Å². The van der Waals surface area contributed by atoms with Gasteiger partial charge in [-0.15, -0.1) is 0 Å². The monoisotopic (exact) mass is 564 g/mol. The van der Waals surface area contributed by atoms with Gasteiger partial charge in [-0.25, -0.2) is 19.2 Å². The van der Waals surface area contributed by atoms with E-state index in [2.05, 4.69) is 0 Å². The van der Waals surface area contributed by atoms with Crippen molar-refractivity contribution in [1.82, 2.24) is 0 Å². The van der Waals surface area contributed by atoms with Crippen molar-refractivity contribution in [2.45, 2.75) is 5.41 Å². The number of halogens is 6. The van der Waals surface area contributed by atoms with Crippen LogP contribution in [0, 0.1) is 10.8 Å². The van der Waals surface area contributed by atoms with Crippen LogP contribution >= 0.6 is 0 Å². The van der Waals surface area contributed by atoms with Gasteiger partial charge in [0, 0.05) is 5.41 Å². The molecule has 212 valence electrons. The highest BCUT2D eigenvalue weighted by Crippen LogP contribution is 2.60. The first-order valence-corrected chi connectivity index (χ1v) is 10.9. The fourth-order valence-corrected chi connectivity index (χ4v) is 5.05. The van der Waals surface area contributed by atoms with Crippen LogP contribution in [0.3, 0.4) is 0 Å². The van der Waals surface area contributed by atoms with Crippen molar-refractivity contribution in [3.05, 3.63) is 69.8 Å². The van der Waals surface area contributed by atoms with Crippen LogP contribution in [0.25, 0.3) is 0 Å². The van der Waals surface area contributed by atoms with Crippen molar-refractivity contribution >= 4 is 23.9 Å². The molecule has 0 saturated heterocycles. The first-order chi connectivity index (χ1) is 18.3. The Balaban J connectivity index is 3.39. The molecule has 0 heterocycles. The van der Waals surface area contributed by atoms with Crippen LogP contribution in [-0.2, 0) is 5.41 Å². The van der Waals surface area contributed by atoms with Crippen LogP contribution in [-0.4, -0.2) is 84.4 Å². The number of hydrogen-bond donors (Lipinski definition) is 4. The predicted molar refractivity (Wildman–Crippen MR) is 122 cm³/mol. The molecular weight excluding hydrogens is 542 g/mol. The van der Waals surface area contributed by atoms with Crippen molar-refractivity contribution in [3.63, 3.8) is 0 Å². The molecule has 0 aliphatic carbocycles. The Hall–Kier alpha value is -4.10. The van der Waals surface area contributed by atoms with E-state index in [1.54, 1.807) is 0 Å². The topological polar surface area (TPSA) is 149 Å². The number of aromatic carboxylic acids is 4. The molecule has 4 N–H and O–H groups in total. The maximum absolute atomic E-state index is 14.8. The third-order valence-electron chi connectivity index (χ3n) is 6.95. The molecule has 0 saturated carbocycles. The minimum Gasteiger partial charge on any atom is -0.478 e. The Bertz CT molecular complexity index is 1160. The summed E-state index contributed by atoms with van der Waals surface area (Å²) in [4.78, 5) is 46.9. The Morgan fingerprint density at radius 2 is 0.744 bits per heavy atom. The highest BCUT2D eigenvalue weighted by molar-refractivity contribution is 6.03. The van der Waals surface area contributed by atoms with E-state index in [0.717, 1.165) is 0 Å². The van der Waals surface area contributed by atoms with Crippen LogP contribution in [0.2, 0.25) is 0 Å². The van der Waals surface area contributed by atoms with E-state index in [9.17, 15) is 65.9 Å². The average molecular weight is 564 g/mol. The fraction of sp³-hybridized carbons (Fsp3) is 0.360. The summed E-state index contributed by atoms with van der Waals surface area (Å²) in [7, 11) is 0. The number of hydrogen-bond acceptors (Lipinski definition) is 4. The molecule has 2 aromatic carbocycles. The molecular formula is C25H22F6O8. The van der Waals surface area contributed by atoms with Crippen LogP contribution in [0.1, 0.15) is 52.6 Å². The highest BCUT2D eigenvalue weighted by Gasteiger charge is 2.66. The van der Waals surface area contributed by atoms with E-state index in [1.165, 1.54) is 0 Å². The molecule has 8 nitrogen and oxygen atoms in total. The molecule has 2 aromatic rings. The van der Waals surface area contributed by atoms with Gasteiger partial charge >= 0.3 is 23.9 Å². The summed E-state index contributed by atoms with van der Waals surface area (Å²) in [6.07, 6.45) is 0. The van der Waals surface area contributed by atoms with Gasteiger partial charge in [-0.05, 0) is 35.4 Å². The Morgan fingerprint density at radius 1 is 0.487 bits per heavy atom. The number of benzene rings is 2. The number of carbonyl (C=O) groups is 4. The molecule has 39 heavy (non-hydrogen) atoms. The van der Waals surface area contributed by atoms with Gasteiger partial charge in [-0.2, -0.15) is 0 Å². The first-order valence-electron chi connectivity index (χ1n) is 10.9. The zero-order chi connectivity index (χ0) is 29.8. The van der Waals surface area contributed by atoms with Gasteiger partial charge in [0.1, 0.15) is 40.0 Å². The summed E-state index contributed by atoms with van der Waals surface area (Å²) in [5.41, 5.74) is -15.4. The van der Waals surface area contributed by atoms with Crippen LogP contribution in [0.15, 0.2) is 36.4 Å². The van der Waals surface area contributed by atoms with Gasteiger partial charge in [-0.3, -0.25) is 26.3 Å². The van der Waals surface area contributed by atoms with Gasteiger partial charge in [0.15, 0.2) is 0 Å². The molecule has 0 atom stereocenters. The Morgan fingerprint density at radius 3 is 0.949 bits per heavy atom. The molecule has 0 unspecified atom stereocenters. The minimum atomic E-state index is -3.24. The van der Waals surface area contributed by atoms with Crippen LogP contribution < -0.4 is 0 Å². The molecule has 0 aliphatic rings. The van der Waals surface area contributed by atoms with Crippen LogP contribution in [0.4, 0.5) is 26.3 Å². The second-order valence-corrected chi connectivity index (χ2v) is 8.85. The molecule has 0 aromatic heterocycles. The molecule has 2 rings (SSSR count). The largest absolute Gasteiger partial charge is 0.478 e. The van der Waals surface area contributed by atoms with E-state index in [1.807, 2.05) is 0 Å². The number of carboxylic acid groups (broad SMARTS) is 4. The maximum atomic E-state index is 14.8. The molecule has 14 heteroatoms. The van der Waals surface area contributed by atoms with Crippen molar-refractivity contribution in [1.29, 1.82) is 0 Å². The molecule has 0 radical (unpaired) electrons. The minimum absolute atomic E-state index is 0.433. The summed E-state index contributed by atoms with van der Waals surface area (Å²) in [5, 5.41) is 37.9. The van der Waals surface area contributed by atoms with E-state index < -0.39 is 114 Å². The van der Waals surface area contributed by atoms with Crippen molar-refractivity contribution in [2.75, 3.05) is 40.0 Å². The normalized spacial score (nSPS) is 12.3. The van der Waals surface area contributed by atoms with Crippen molar-refractivity contribution in [2.24, 2.45) is 10.8 Å². The van der Waals surface area contributed by atoms with E-state index in [0.29, 0.717) is 36.4 Å². The maximum Gasteiger partial charge on any atom is 0.336 e. The fourth-order valence-electron chi connectivity index (χ4n) is 5.05. The van der Waals surface area contributed by atoms with Gasteiger partial charge in [0.2, 0.25) is 0 Å². The number of carboxylic acids is 4. The Kier molecular flexibility index (Phi) is 9.37. The molecule has 0 bridgehead atoms. The van der Waals surface area contributed by atoms with Crippen molar-refractivity contribution < 1.29 is 65.9 Å². The number of alkyl halides is 6. The predicted octanol–water partition coefficient (Wildman–Crippen LogP) is 4.56. The van der Waals surface area contributed by atoms with Crippen molar-refractivity contribution in [3.8, 4) is 0 Å². The van der Waals surface area contributed by atoms with Gasteiger partial charge < -0.3 is 20.4 Å². The van der Waals surface area contributed by atoms with Gasteiger partial charge in [0.25, 0.3) is 0 Å². The lowest BCUT2D eigenvalue weighted by Crippen LogP contribution is -2.64. The average Bonchev–Trinajstić information content (AvgIpc) is 2.93. The summed E-state index contributed by atoms with van der Waals surface area (Å²) in [6.45, 7) is -12.5. The summed E-state index contributed by atoms with van der Waals surface area (Å²) in [5.74, 6) is -7.48.